The molecule has 1 aromatic rings. The molecule has 0 unspecified atom stereocenters. The summed E-state index contributed by atoms with van der Waals surface area (Å²) < 4.78 is 0.827. The first-order chi connectivity index (χ1) is 7.75. The Morgan fingerprint density at radius 1 is 1.47 bits per heavy atom. The minimum absolute atomic E-state index is 0.338. The van der Waals surface area contributed by atoms with Gasteiger partial charge in [0.25, 0.3) is 0 Å². The van der Waals surface area contributed by atoms with Crippen LogP contribution < -0.4 is 5.32 Å². The third kappa shape index (κ3) is 3.03. The molecule has 1 heterocycles. The maximum Gasteiger partial charge on any atom is 0.318 e. The standard InChI is InChI=1S/C11H13BrN2O3/c1-6-4-8(13-5-7(6)12)14-9(15)11(2,3)10(16)17/h4-5H,1-3H3,(H,16,17)(H,13,14,15). The number of hydrogen-bond acceptors (Lipinski definition) is 3. The zero-order chi connectivity index (χ0) is 13.2. The molecule has 0 spiro atoms. The fraction of sp³-hybridized carbons (Fsp3) is 0.364. The number of aryl methyl sites for hydroxylation is 1. The Bertz CT molecular complexity index is 472. The number of carboxylic acids is 1. The van der Waals surface area contributed by atoms with Crippen LogP contribution in [-0.2, 0) is 9.59 Å². The summed E-state index contributed by atoms with van der Waals surface area (Å²) in [6, 6.07) is 1.67. The number of carbonyl (C=O) groups excluding carboxylic acids is 1. The predicted molar refractivity (Wildman–Crippen MR) is 66.7 cm³/mol. The molecule has 0 saturated carbocycles. The van der Waals surface area contributed by atoms with E-state index in [-0.39, 0.29) is 0 Å². The summed E-state index contributed by atoms with van der Waals surface area (Å²) in [5, 5.41) is 11.4. The average Bonchev–Trinajstić information content (AvgIpc) is 2.23. The van der Waals surface area contributed by atoms with Crippen LogP contribution in [0.25, 0.3) is 0 Å². The number of hydrogen-bond donors (Lipinski definition) is 2. The lowest BCUT2D eigenvalue weighted by molar-refractivity contribution is -0.151. The molecule has 0 aromatic carbocycles. The van der Waals surface area contributed by atoms with Crippen molar-refractivity contribution in [3.8, 4) is 0 Å². The van der Waals surface area contributed by atoms with Crippen molar-refractivity contribution >= 4 is 33.6 Å². The maximum absolute atomic E-state index is 11.7. The second-order valence-electron chi connectivity index (χ2n) is 4.20. The van der Waals surface area contributed by atoms with Crippen LogP contribution in [0, 0.1) is 12.3 Å². The van der Waals surface area contributed by atoms with E-state index in [0.29, 0.717) is 5.82 Å². The molecule has 0 fully saturated rings. The first-order valence-electron chi connectivity index (χ1n) is 4.92. The number of pyridine rings is 1. The van der Waals surface area contributed by atoms with E-state index in [1.54, 1.807) is 12.3 Å². The van der Waals surface area contributed by atoms with Crippen LogP contribution in [0.3, 0.4) is 0 Å². The SMILES string of the molecule is Cc1cc(NC(=O)C(C)(C)C(=O)O)ncc1Br. The van der Waals surface area contributed by atoms with Crippen LogP contribution in [0.1, 0.15) is 19.4 Å². The fourth-order valence-corrected chi connectivity index (χ4v) is 1.19. The van der Waals surface area contributed by atoms with E-state index in [1.807, 2.05) is 6.92 Å². The molecule has 5 nitrogen and oxygen atoms in total. The van der Waals surface area contributed by atoms with Crippen molar-refractivity contribution in [2.24, 2.45) is 5.41 Å². The van der Waals surface area contributed by atoms with Gasteiger partial charge in [0.1, 0.15) is 11.2 Å². The van der Waals surface area contributed by atoms with Gasteiger partial charge in [-0.1, -0.05) is 0 Å². The topological polar surface area (TPSA) is 79.3 Å². The predicted octanol–water partition coefficient (Wildman–Crippen LogP) is 2.20. The molecule has 6 heteroatoms. The minimum atomic E-state index is -1.48. The number of nitrogens with zero attached hydrogens (tertiary/aromatic N) is 1. The Hall–Kier alpha value is -1.43. The number of amides is 1. The molecule has 0 saturated heterocycles. The molecule has 0 aliphatic carbocycles. The van der Waals surface area contributed by atoms with Gasteiger partial charge in [0.05, 0.1) is 0 Å². The molecule has 1 aromatic heterocycles. The molecular formula is C11H13BrN2O3. The van der Waals surface area contributed by atoms with E-state index in [1.165, 1.54) is 13.8 Å². The van der Waals surface area contributed by atoms with Gasteiger partial charge in [0, 0.05) is 10.7 Å². The van der Waals surface area contributed by atoms with Crippen LogP contribution >= 0.6 is 15.9 Å². The Kier molecular flexibility index (Phi) is 3.87. The summed E-state index contributed by atoms with van der Waals surface area (Å²) in [6.45, 7) is 4.54. The van der Waals surface area contributed by atoms with Crippen molar-refractivity contribution in [2.45, 2.75) is 20.8 Å². The van der Waals surface area contributed by atoms with E-state index < -0.39 is 17.3 Å². The van der Waals surface area contributed by atoms with Crippen molar-refractivity contribution in [1.29, 1.82) is 0 Å². The van der Waals surface area contributed by atoms with Gasteiger partial charge in [-0.05, 0) is 48.3 Å². The highest BCUT2D eigenvalue weighted by atomic mass is 79.9. The lowest BCUT2D eigenvalue weighted by atomic mass is 9.93. The van der Waals surface area contributed by atoms with Crippen LogP contribution in [0.5, 0.6) is 0 Å². The van der Waals surface area contributed by atoms with Crippen molar-refractivity contribution in [2.75, 3.05) is 5.32 Å². The maximum atomic E-state index is 11.7. The van der Waals surface area contributed by atoms with Gasteiger partial charge in [-0.15, -0.1) is 0 Å². The number of aromatic nitrogens is 1. The fourth-order valence-electron chi connectivity index (χ4n) is 0.977. The van der Waals surface area contributed by atoms with Crippen LogP contribution in [0.4, 0.5) is 5.82 Å². The van der Waals surface area contributed by atoms with Gasteiger partial charge in [-0.3, -0.25) is 9.59 Å². The van der Waals surface area contributed by atoms with Crippen LogP contribution in [0.2, 0.25) is 0 Å². The van der Waals surface area contributed by atoms with E-state index in [9.17, 15) is 9.59 Å². The summed E-state index contributed by atoms with van der Waals surface area (Å²) in [5.41, 5.74) is -0.578. The Labute approximate surface area is 107 Å². The molecule has 0 bridgehead atoms. The number of anilines is 1. The second-order valence-corrected chi connectivity index (χ2v) is 5.06. The third-order valence-electron chi connectivity index (χ3n) is 2.39. The molecule has 0 aliphatic heterocycles. The average molecular weight is 301 g/mol. The second kappa shape index (κ2) is 4.83. The molecule has 17 heavy (non-hydrogen) atoms. The molecular weight excluding hydrogens is 288 g/mol. The molecule has 1 rings (SSSR count). The highest BCUT2D eigenvalue weighted by Crippen LogP contribution is 2.21. The lowest BCUT2D eigenvalue weighted by Crippen LogP contribution is -2.38. The van der Waals surface area contributed by atoms with Crippen LogP contribution in [-0.4, -0.2) is 22.0 Å². The Balaban J connectivity index is 2.89. The number of halogens is 1. The quantitative estimate of drug-likeness (QED) is 0.839. The first kappa shape index (κ1) is 13.6. The number of nitrogens with one attached hydrogen (secondary N) is 1. The number of carboxylic acid groups (broad SMARTS) is 1. The Morgan fingerprint density at radius 2 is 2.06 bits per heavy atom. The van der Waals surface area contributed by atoms with Crippen LogP contribution in [0.15, 0.2) is 16.7 Å². The normalized spacial score (nSPS) is 11.1. The third-order valence-corrected chi connectivity index (χ3v) is 3.22. The summed E-state index contributed by atoms with van der Waals surface area (Å²) in [6.07, 6.45) is 1.55. The highest BCUT2D eigenvalue weighted by Gasteiger charge is 2.36. The minimum Gasteiger partial charge on any atom is -0.480 e. The number of aliphatic carboxylic acids is 1. The number of rotatable bonds is 3. The van der Waals surface area contributed by atoms with Crippen molar-refractivity contribution in [1.82, 2.24) is 4.98 Å². The van der Waals surface area contributed by atoms with Gasteiger partial charge >= 0.3 is 5.97 Å². The van der Waals surface area contributed by atoms with Crippen molar-refractivity contribution < 1.29 is 14.7 Å². The summed E-state index contributed by atoms with van der Waals surface area (Å²) in [7, 11) is 0. The zero-order valence-electron chi connectivity index (χ0n) is 9.74. The molecule has 0 radical (unpaired) electrons. The van der Waals surface area contributed by atoms with E-state index in [2.05, 4.69) is 26.2 Å². The van der Waals surface area contributed by atoms with Gasteiger partial charge in [0.15, 0.2) is 0 Å². The summed E-state index contributed by atoms with van der Waals surface area (Å²) in [4.78, 5) is 26.6. The lowest BCUT2D eigenvalue weighted by Gasteiger charge is -2.18. The number of carbonyl (C=O) groups is 2. The Morgan fingerprint density at radius 3 is 2.53 bits per heavy atom. The summed E-state index contributed by atoms with van der Waals surface area (Å²) >= 11 is 3.29. The molecule has 0 atom stereocenters. The zero-order valence-corrected chi connectivity index (χ0v) is 11.3. The largest absolute Gasteiger partial charge is 0.480 e. The van der Waals surface area contributed by atoms with Gasteiger partial charge in [0.2, 0.25) is 5.91 Å². The highest BCUT2D eigenvalue weighted by molar-refractivity contribution is 9.10. The first-order valence-corrected chi connectivity index (χ1v) is 5.71. The molecule has 0 aliphatic rings. The summed E-state index contributed by atoms with van der Waals surface area (Å²) in [5.74, 6) is -1.44. The van der Waals surface area contributed by atoms with Gasteiger partial charge in [-0.2, -0.15) is 0 Å². The van der Waals surface area contributed by atoms with E-state index in [4.69, 9.17) is 5.11 Å². The van der Waals surface area contributed by atoms with Gasteiger partial charge in [-0.25, -0.2) is 4.98 Å². The molecule has 92 valence electrons. The van der Waals surface area contributed by atoms with E-state index >= 15 is 0 Å². The van der Waals surface area contributed by atoms with Crippen molar-refractivity contribution in [3.63, 3.8) is 0 Å². The van der Waals surface area contributed by atoms with E-state index in [0.717, 1.165) is 10.0 Å². The van der Waals surface area contributed by atoms with Crippen molar-refractivity contribution in [3.05, 3.63) is 22.3 Å². The molecule has 2 N–H and O–H groups in total. The smallest absolute Gasteiger partial charge is 0.318 e. The monoisotopic (exact) mass is 300 g/mol. The molecule has 1 amide bonds. The van der Waals surface area contributed by atoms with Gasteiger partial charge < -0.3 is 10.4 Å².